The van der Waals surface area contributed by atoms with Crippen LogP contribution in [-0.4, -0.2) is 16.0 Å². The zero-order valence-corrected chi connectivity index (χ0v) is 13.1. The maximum absolute atomic E-state index is 13.5. The van der Waals surface area contributed by atoms with Crippen LogP contribution in [0.2, 0.25) is 0 Å². The lowest BCUT2D eigenvalue weighted by Crippen LogP contribution is -2.41. The topological polar surface area (TPSA) is 0 Å². The molecule has 0 fully saturated rings. The second-order valence-corrected chi connectivity index (χ2v) is 7.86. The molecule has 1 aliphatic rings. The Hall–Kier alpha value is -0.550. The van der Waals surface area contributed by atoms with Crippen LogP contribution >= 0.6 is 23.5 Å². The van der Waals surface area contributed by atoms with Gasteiger partial charge in [-0.25, -0.2) is 0 Å². The predicted molar refractivity (Wildman–Crippen MR) is 82.0 cm³/mol. The molecule has 1 atom stereocenters. The van der Waals surface area contributed by atoms with Gasteiger partial charge in [-0.3, -0.25) is 0 Å². The summed E-state index contributed by atoms with van der Waals surface area (Å²) >= 11 is 2.04. The molecule has 20 heavy (non-hydrogen) atoms. The summed E-state index contributed by atoms with van der Waals surface area (Å²) in [6, 6.07) is 9.34. The molecule has 0 aliphatic carbocycles. The maximum atomic E-state index is 13.5. The Morgan fingerprint density at radius 1 is 1.15 bits per heavy atom. The van der Waals surface area contributed by atoms with Crippen LogP contribution in [0.5, 0.6) is 0 Å². The molecule has 0 aromatic heterocycles. The number of hydrogen-bond donors (Lipinski definition) is 0. The third kappa shape index (κ3) is 3.37. The molecular formula is C15H17F3S2. The first kappa shape index (κ1) is 15.8. The molecule has 0 saturated heterocycles. The van der Waals surface area contributed by atoms with Gasteiger partial charge in [0.15, 0.2) is 4.08 Å². The number of hydrogen-bond acceptors (Lipinski definition) is 2. The van der Waals surface area contributed by atoms with Gasteiger partial charge in [0.05, 0.1) is 0 Å². The third-order valence-corrected chi connectivity index (χ3v) is 6.94. The average Bonchev–Trinajstić information content (AvgIpc) is 2.40. The van der Waals surface area contributed by atoms with Gasteiger partial charge in [0, 0.05) is 17.9 Å². The second kappa shape index (κ2) is 6.06. The van der Waals surface area contributed by atoms with Gasteiger partial charge >= 0.3 is 6.18 Å². The second-order valence-electron chi connectivity index (χ2n) is 5.05. The van der Waals surface area contributed by atoms with Crippen LogP contribution in [0.15, 0.2) is 41.5 Å². The number of thioether (sulfide) groups is 2. The van der Waals surface area contributed by atoms with Crippen molar-refractivity contribution in [3.8, 4) is 0 Å². The van der Waals surface area contributed by atoms with Crippen molar-refractivity contribution < 1.29 is 13.2 Å². The van der Waals surface area contributed by atoms with Crippen molar-refractivity contribution in [2.24, 2.45) is 0 Å². The molecule has 1 aliphatic heterocycles. The molecule has 2 rings (SSSR count). The Morgan fingerprint density at radius 2 is 1.80 bits per heavy atom. The van der Waals surface area contributed by atoms with Crippen molar-refractivity contribution in [1.82, 2.24) is 0 Å². The Bertz CT molecular complexity index is 494. The number of alkyl halides is 3. The summed E-state index contributed by atoms with van der Waals surface area (Å²) in [6.45, 7) is 3.74. The highest BCUT2D eigenvalue weighted by Crippen LogP contribution is 2.56. The summed E-state index contributed by atoms with van der Waals surface area (Å²) in [4.78, 5) is 0. The minimum absolute atomic E-state index is 0.0878. The molecule has 0 saturated carbocycles. The van der Waals surface area contributed by atoms with Gasteiger partial charge in [0.2, 0.25) is 0 Å². The van der Waals surface area contributed by atoms with Crippen molar-refractivity contribution in [2.75, 3.05) is 5.75 Å². The predicted octanol–water partition coefficient (Wildman–Crippen LogP) is 5.65. The molecule has 1 heterocycles. The Balaban J connectivity index is 2.18. The molecule has 0 nitrogen and oxygen atoms in total. The third-order valence-electron chi connectivity index (χ3n) is 3.49. The first-order valence-electron chi connectivity index (χ1n) is 6.38. The van der Waals surface area contributed by atoms with Crippen molar-refractivity contribution in [1.29, 1.82) is 0 Å². The van der Waals surface area contributed by atoms with E-state index in [4.69, 9.17) is 0 Å². The van der Waals surface area contributed by atoms with Gasteiger partial charge in [0.1, 0.15) is 0 Å². The summed E-state index contributed by atoms with van der Waals surface area (Å²) in [5.74, 6) is 0.854. The van der Waals surface area contributed by atoms with E-state index in [1.54, 1.807) is 0 Å². The van der Waals surface area contributed by atoms with Crippen LogP contribution in [0.25, 0.3) is 0 Å². The van der Waals surface area contributed by atoms with E-state index >= 15 is 0 Å². The molecular weight excluding hydrogens is 301 g/mol. The van der Waals surface area contributed by atoms with Crippen LogP contribution in [0.3, 0.4) is 0 Å². The summed E-state index contributed by atoms with van der Waals surface area (Å²) in [5, 5.41) is 0. The normalized spacial score (nSPS) is 24.1. The molecule has 1 unspecified atom stereocenters. The first-order valence-corrected chi connectivity index (χ1v) is 8.35. The fourth-order valence-corrected chi connectivity index (χ4v) is 4.97. The van der Waals surface area contributed by atoms with Gasteiger partial charge in [-0.05, 0) is 19.4 Å². The maximum Gasteiger partial charge on any atom is 0.412 e. The van der Waals surface area contributed by atoms with Gasteiger partial charge in [-0.2, -0.15) is 13.2 Å². The van der Waals surface area contributed by atoms with Crippen LogP contribution in [-0.2, 0) is 5.75 Å². The number of allylic oxidation sites excluding steroid dienone is 1. The number of rotatable bonds is 3. The Kier molecular flexibility index (Phi) is 4.80. The van der Waals surface area contributed by atoms with Gasteiger partial charge in [-0.1, -0.05) is 41.5 Å². The van der Waals surface area contributed by atoms with Crippen molar-refractivity contribution in [3.63, 3.8) is 0 Å². The number of halogens is 3. The van der Waals surface area contributed by atoms with Crippen molar-refractivity contribution >= 4 is 23.5 Å². The molecule has 110 valence electrons. The smallest absolute Gasteiger partial charge is 0.168 e. The monoisotopic (exact) mass is 318 g/mol. The fourth-order valence-electron chi connectivity index (χ4n) is 2.03. The van der Waals surface area contributed by atoms with Crippen LogP contribution in [0.4, 0.5) is 13.2 Å². The zero-order valence-electron chi connectivity index (χ0n) is 11.5. The average molecular weight is 318 g/mol. The highest BCUT2D eigenvalue weighted by molar-refractivity contribution is 8.18. The lowest BCUT2D eigenvalue weighted by Gasteiger charge is -2.38. The van der Waals surface area contributed by atoms with Crippen molar-refractivity contribution in [2.45, 2.75) is 36.3 Å². The van der Waals surface area contributed by atoms with E-state index in [9.17, 15) is 13.2 Å². The lowest BCUT2D eigenvalue weighted by atomic mass is 10.1. The van der Waals surface area contributed by atoms with Crippen LogP contribution < -0.4 is 0 Å². The van der Waals surface area contributed by atoms with Crippen LogP contribution in [0, 0.1) is 0 Å². The molecule has 1 aromatic carbocycles. The quantitative estimate of drug-likeness (QED) is 0.660. The highest BCUT2D eigenvalue weighted by Gasteiger charge is 2.56. The van der Waals surface area contributed by atoms with Gasteiger partial charge in [0.25, 0.3) is 0 Å². The number of benzene rings is 1. The van der Waals surface area contributed by atoms with E-state index in [-0.39, 0.29) is 6.42 Å². The fraction of sp³-hybridized carbons (Fsp3) is 0.467. The highest BCUT2D eigenvalue weighted by atomic mass is 32.2. The van der Waals surface area contributed by atoms with Crippen molar-refractivity contribution in [3.05, 3.63) is 47.0 Å². The Labute approximate surface area is 126 Å². The first-order chi connectivity index (χ1) is 9.34. The summed E-state index contributed by atoms with van der Waals surface area (Å²) in [7, 11) is 0. The molecule has 0 N–H and O–H groups in total. The molecule has 0 bridgehead atoms. The molecule has 0 amide bonds. The molecule has 0 spiro atoms. The summed E-state index contributed by atoms with van der Waals surface area (Å²) in [6.07, 6.45) is -4.11. The molecule has 1 aromatic rings. The van der Waals surface area contributed by atoms with E-state index in [0.717, 1.165) is 40.2 Å². The van der Waals surface area contributed by atoms with Crippen LogP contribution in [0.1, 0.15) is 25.8 Å². The Morgan fingerprint density at radius 3 is 2.35 bits per heavy atom. The van der Waals surface area contributed by atoms with E-state index in [1.165, 1.54) is 0 Å². The van der Waals surface area contributed by atoms with Gasteiger partial charge < -0.3 is 0 Å². The lowest BCUT2D eigenvalue weighted by molar-refractivity contribution is -0.137. The van der Waals surface area contributed by atoms with E-state index in [0.29, 0.717) is 11.5 Å². The SMILES string of the molecule is CC1=C(C)CC(SCc2ccccc2)(C(F)(F)F)SC1. The standard InChI is InChI=1S/C15H17F3S2/c1-11-8-14(15(16,17)18,19-9-12(11)2)20-10-13-6-4-3-5-7-13/h3-7H,8-10H2,1-2H3. The molecule has 5 heteroatoms. The minimum atomic E-state index is -4.20. The van der Waals surface area contributed by atoms with Gasteiger partial charge in [-0.15, -0.1) is 23.5 Å². The summed E-state index contributed by atoms with van der Waals surface area (Å²) in [5.41, 5.74) is 2.89. The summed E-state index contributed by atoms with van der Waals surface area (Å²) < 4.78 is 38.9. The van der Waals surface area contributed by atoms with E-state index in [2.05, 4.69) is 0 Å². The van der Waals surface area contributed by atoms with E-state index < -0.39 is 10.3 Å². The van der Waals surface area contributed by atoms with E-state index in [1.807, 2.05) is 44.2 Å². The minimum Gasteiger partial charge on any atom is -0.168 e. The zero-order chi connectivity index (χ0) is 14.8. The molecule has 0 radical (unpaired) electrons. The largest absolute Gasteiger partial charge is 0.412 e.